The highest BCUT2D eigenvalue weighted by Gasteiger charge is 2.29. The van der Waals surface area contributed by atoms with Crippen molar-refractivity contribution in [1.29, 1.82) is 0 Å². The molecule has 0 bridgehead atoms. The number of nitrogens with one attached hydrogen (secondary N) is 2. The summed E-state index contributed by atoms with van der Waals surface area (Å²) in [5, 5.41) is 5.77. The van der Waals surface area contributed by atoms with Crippen molar-refractivity contribution >= 4 is 29.2 Å². The van der Waals surface area contributed by atoms with Gasteiger partial charge in [0.1, 0.15) is 5.75 Å². The minimum Gasteiger partial charge on any atom is -0.484 e. The molecule has 8 heteroatoms. The largest absolute Gasteiger partial charge is 0.484 e. The maximum absolute atomic E-state index is 12.8. The van der Waals surface area contributed by atoms with E-state index in [0.717, 1.165) is 45.2 Å². The summed E-state index contributed by atoms with van der Waals surface area (Å²) in [4.78, 5) is 41.7. The molecule has 2 aliphatic heterocycles. The quantitative estimate of drug-likeness (QED) is 0.628. The van der Waals surface area contributed by atoms with E-state index in [1.807, 2.05) is 11.0 Å². The fourth-order valence-electron chi connectivity index (χ4n) is 4.85. The summed E-state index contributed by atoms with van der Waals surface area (Å²) < 4.78 is 5.71. The number of carbonyl (C=O) groups is 3. The SMILES string of the molecule is CC1CCCC(C)N1C(=O)COc1ccc(C(=O)Nc2ccccc2NC(=O)N2CCCC2)cc1. The van der Waals surface area contributed by atoms with E-state index in [2.05, 4.69) is 24.5 Å². The van der Waals surface area contributed by atoms with Gasteiger partial charge >= 0.3 is 6.03 Å². The second kappa shape index (κ2) is 11.3. The molecule has 4 amide bonds. The lowest BCUT2D eigenvalue weighted by Crippen LogP contribution is -2.49. The predicted octanol–water partition coefficient (Wildman–Crippen LogP) is 4.73. The van der Waals surface area contributed by atoms with Crippen molar-refractivity contribution in [2.24, 2.45) is 0 Å². The summed E-state index contributed by atoms with van der Waals surface area (Å²) in [6, 6.07) is 14.1. The van der Waals surface area contributed by atoms with E-state index in [9.17, 15) is 14.4 Å². The standard InChI is InChI=1S/C27H34N4O4/c1-19-8-7-9-20(2)31(19)25(32)18-35-22-14-12-21(13-15-22)26(33)28-23-10-3-4-11-24(23)29-27(34)30-16-5-6-17-30/h3-4,10-15,19-20H,5-9,16-18H2,1-2H3,(H,28,33)(H,29,34). The van der Waals surface area contributed by atoms with E-state index in [1.165, 1.54) is 0 Å². The molecule has 2 aromatic carbocycles. The maximum atomic E-state index is 12.8. The molecule has 0 radical (unpaired) electrons. The monoisotopic (exact) mass is 478 g/mol. The number of rotatable bonds is 6. The molecule has 2 fully saturated rings. The van der Waals surface area contributed by atoms with Gasteiger partial charge in [0, 0.05) is 30.7 Å². The Morgan fingerprint density at radius 1 is 0.857 bits per heavy atom. The van der Waals surface area contributed by atoms with Crippen LogP contribution in [0.15, 0.2) is 48.5 Å². The van der Waals surface area contributed by atoms with Crippen LogP contribution >= 0.6 is 0 Å². The predicted molar refractivity (Wildman–Crippen MR) is 136 cm³/mol. The number of nitrogens with zero attached hydrogens (tertiary/aromatic N) is 2. The number of anilines is 2. The third-order valence-electron chi connectivity index (χ3n) is 6.77. The molecule has 2 atom stereocenters. The van der Waals surface area contributed by atoms with Crippen molar-refractivity contribution in [3.63, 3.8) is 0 Å². The number of benzene rings is 2. The second-order valence-corrected chi connectivity index (χ2v) is 9.37. The summed E-state index contributed by atoms with van der Waals surface area (Å²) in [5.41, 5.74) is 1.53. The van der Waals surface area contributed by atoms with Gasteiger partial charge in [-0.3, -0.25) is 9.59 Å². The van der Waals surface area contributed by atoms with Gasteiger partial charge in [-0.1, -0.05) is 12.1 Å². The van der Waals surface area contributed by atoms with Gasteiger partial charge in [0.05, 0.1) is 11.4 Å². The topological polar surface area (TPSA) is 91.0 Å². The van der Waals surface area contributed by atoms with Crippen LogP contribution in [0.4, 0.5) is 16.2 Å². The normalized spacial score (nSPS) is 19.8. The first kappa shape index (κ1) is 24.6. The fourth-order valence-corrected chi connectivity index (χ4v) is 4.85. The molecule has 186 valence electrons. The molecule has 0 aromatic heterocycles. The van der Waals surface area contributed by atoms with Gasteiger partial charge in [0.2, 0.25) is 0 Å². The van der Waals surface area contributed by atoms with E-state index in [1.54, 1.807) is 47.4 Å². The molecule has 0 aliphatic carbocycles. The van der Waals surface area contributed by atoms with E-state index in [-0.39, 0.29) is 36.5 Å². The highest BCUT2D eigenvalue weighted by atomic mass is 16.5. The van der Waals surface area contributed by atoms with Gasteiger partial charge in [0.15, 0.2) is 6.61 Å². The summed E-state index contributed by atoms with van der Waals surface area (Å²) in [5.74, 6) is 0.219. The van der Waals surface area contributed by atoms with Crippen LogP contribution < -0.4 is 15.4 Å². The number of hydrogen-bond acceptors (Lipinski definition) is 4. The molecule has 4 rings (SSSR count). The van der Waals surface area contributed by atoms with Gasteiger partial charge in [-0.05, 0) is 82.3 Å². The van der Waals surface area contributed by atoms with E-state index in [0.29, 0.717) is 22.7 Å². The number of hydrogen-bond donors (Lipinski definition) is 2. The van der Waals surface area contributed by atoms with Crippen LogP contribution in [-0.2, 0) is 4.79 Å². The molecule has 2 aliphatic rings. The first-order valence-electron chi connectivity index (χ1n) is 12.4. The molecule has 2 aromatic rings. The van der Waals surface area contributed by atoms with E-state index in [4.69, 9.17) is 4.74 Å². The Balaban J connectivity index is 1.33. The number of para-hydroxylation sites is 2. The molecule has 0 saturated carbocycles. The Morgan fingerprint density at radius 3 is 2.09 bits per heavy atom. The summed E-state index contributed by atoms with van der Waals surface area (Å²) >= 11 is 0. The Kier molecular flexibility index (Phi) is 7.90. The smallest absolute Gasteiger partial charge is 0.321 e. The maximum Gasteiger partial charge on any atom is 0.321 e. The van der Waals surface area contributed by atoms with Crippen molar-refractivity contribution < 1.29 is 19.1 Å². The van der Waals surface area contributed by atoms with Gasteiger partial charge in [-0.2, -0.15) is 0 Å². The molecular weight excluding hydrogens is 444 g/mol. The lowest BCUT2D eigenvalue weighted by molar-refractivity contribution is -0.139. The van der Waals surface area contributed by atoms with Crippen LogP contribution in [0.1, 0.15) is 56.3 Å². The highest BCUT2D eigenvalue weighted by Crippen LogP contribution is 2.25. The summed E-state index contributed by atoms with van der Waals surface area (Å²) in [6.07, 6.45) is 5.20. The zero-order valence-electron chi connectivity index (χ0n) is 20.5. The first-order valence-corrected chi connectivity index (χ1v) is 12.4. The van der Waals surface area contributed by atoms with Crippen LogP contribution in [0.3, 0.4) is 0 Å². The minimum absolute atomic E-state index is 0.0147. The number of carbonyl (C=O) groups excluding carboxylic acids is 3. The van der Waals surface area contributed by atoms with Crippen LogP contribution in [-0.4, -0.2) is 59.4 Å². The fraction of sp³-hybridized carbons (Fsp3) is 0.444. The first-order chi connectivity index (χ1) is 16.9. The van der Waals surface area contributed by atoms with E-state index >= 15 is 0 Å². The van der Waals surface area contributed by atoms with Gasteiger partial charge in [-0.25, -0.2) is 4.79 Å². The molecular formula is C27H34N4O4. The Bertz CT molecular complexity index is 1040. The molecule has 8 nitrogen and oxygen atoms in total. The Hall–Kier alpha value is -3.55. The number of ether oxygens (including phenoxy) is 1. The van der Waals surface area contributed by atoms with Gasteiger partial charge in [-0.15, -0.1) is 0 Å². The zero-order valence-corrected chi connectivity index (χ0v) is 20.5. The summed E-state index contributed by atoms with van der Waals surface area (Å²) in [6.45, 7) is 5.63. The van der Waals surface area contributed by atoms with Crippen LogP contribution in [0.25, 0.3) is 0 Å². The molecule has 0 spiro atoms. The van der Waals surface area contributed by atoms with Gasteiger partial charge < -0.3 is 25.2 Å². The molecule has 2 unspecified atom stereocenters. The van der Waals surface area contributed by atoms with Crippen molar-refractivity contribution in [2.75, 3.05) is 30.3 Å². The molecule has 2 saturated heterocycles. The molecule has 35 heavy (non-hydrogen) atoms. The zero-order chi connectivity index (χ0) is 24.8. The number of likely N-dealkylation sites (tertiary alicyclic amines) is 2. The number of amides is 4. The lowest BCUT2D eigenvalue weighted by Gasteiger charge is -2.38. The van der Waals surface area contributed by atoms with Crippen LogP contribution in [0.2, 0.25) is 0 Å². The van der Waals surface area contributed by atoms with Crippen LogP contribution in [0, 0.1) is 0 Å². The van der Waals surface area contributed by atoms with Crippen LogP contribution in [0.5, 0.6) is 5.75 Å². The lowest BCUT2D eigenvalue weighted by atomic mass is 9.97. The Morgan fingerprint density at radius 2 is 1.46 bits per heavy atom. The highest BCUT2D eigenvalue weighted by molar-refractivity contribution is 6.07. The average molecular weight is 479 g/mol. The average Bonchev–Trinajstić information content (AvgIpc) is 3.39. The molecule has 2 heterocycles. The minimum atomic E-state index is -0.300. The third-order valence-corrected chi connectivity index (χ3v) is 6.77. The second-order valence-electron chi connectivity index (χ2n) is 9.37. The number of urea groups is 1. The van der Waals surface area contributed by atoms with Crippen molar-refractivity contribution in [3.8, 4) is 5.75 Å². The number of piperidine rings is 1. The van der Waals surface area contributed by atoms with Crippen molar-refractivity contribution in [1.82, 2.24) is 9.80 Å². The van der Waals surface area contributed by atoms with Crippen molar-refractivity contribution in [2.45, 2.75) is 58.0 Å². The van der Waals surface area contributed by atoms with Gasteiger partial charge in [0.25, 0.3) is 11.8 Å². The van der Waals surface area contributed by atoms with Crippen molar-refractivity contribution in [3.05, 3.63) is 54.1 Å². The third kappa shape index (κ3) is 6.12. The Labute approximate surface area is 206 Å². The summed E-state index contributed by atoms with van der Waals surface area (Å²) in [7, 11) is 0. The van der Waals surface area contributed by atoms with E-state index < -0.39 is 0 Å². The molecule has 2 N–H and O–H groups in total.